The summed E-state index contributed by atoms with van der Waals surface area (Å²) in [6, 6.07) is 9.05. The van der Waals surface area contributed by atoms with Crippen molar-refractivity contribution in [2.75, 3.05) is 0 Å². The van der Waals surface area contributed by atoms with E-state index in [1.54, 1.807) is 11.6 Å². The van der Waals surface area contributed by atoms with Crippen molar-refractivity contribution in [3.63, 3.8) is 0 Å². The fraction of sp³-hybridized carbons (Fsp3) is 0.133. The van der Waals surface area contributed by atoms with Crippen molar-refractivity contribution in [3.8, 4) is 0 Å². The van der Waals surface area contributed by atoms with E-state index in [1.807, 2.05) is 31.2 Å². The highest BCUT2D eigenvalue weighted by Crippen LogP contribution is 2.21. The van der Waals surface area contributed by atoms with Crippen molar-refractivity contribution < 1.29 is 4.79 Å². The number of hydrogen-bond donors (Lipinski definition) is 1. The van der Waals surface area contributed by atoms with E-state index in [-0.39, 0.29) is 5.91 Å². The van der Waals surface area contributed by atoms with Gasteiger partial charge in [0.2, 0.25) is 0 Å². The van der Waals surface area contributed by atoms with Gasteiger partial charge in [-0.05, 0) is 19.1 Å². The molecule has 0 spiro atoms. The summed E-state index contributed by atoms with van der Waals surface area (Å²) in [5.41, 5.74) is 3.96. The molecule has 1 N–H and O–H groups in total. The average Bonchev–Trinajstić information content (AvgIpc) is 2.89. The molecule has 0 bridgehead atoms. The van der Waals surface area contributed by atoms with Gasteiger partial charge in [-0.1, -0.05) is 29.8 Å². The van der Waals surface area contributed by atoms with Gasteiger partial charge in [-0.2, -0.15) is 0 Å². The first-order valence-electron chi connectivity index (χ1n) is 6.37. The summed E-state index contributed by atoms with van der Waals surface area (Å²) in [5, 5.41) is 4.01. The lowest BCUT2D eigenvalue weighted by Gasteiger charge is -2.08. The molecule has 2 aromatic heterocycles. The molecule has 3 rings (SSSR count). The van der Waals surface area contributed by atoms with Crippen LogP contribution in [0.5, 0.6) is 0 Å². The highest BCUT2D eigenvalue weighted by Gasteiger charge is 2.13. The van der Waals surface area contributed by atoms with Crippen molar-refractivity contribution in [3.05, 3.63) is 57.1 Å². The van der Waals surface area contributed by atoms with Crippen LogP contribution < -0.4 is 5.32 Å². The van der Waals surface area contributed by atoms with Gasteiger partial charge in [0.05, 0.1) is 28.8 Å². The maximum atomic E-state index is 12.4. The summed E-state index contributed by atoms with van der Waals surface area (Å²) in [6.45, 7) is 2.39. The smallest absolute Gasteiger partial charge is 0.252 e. The van der Waals surface area contributed by atoms with Gasteiger partial charge in [0.15, 0.2) is 0 Å². The third kappa shape index (κ3) is 2.89. The number of nitrogens with one attached hydrogen (secondary N) is 1. The number of carbonyl (C=O) groups is 1. The Hall–Kier alpha value is -1.98. The number of thiazole rings is 1. The topological polar surface area (TPSA) is 54.9 Å². The van der Waals surface area contributed by atoms with Crippen LogP contribution in [0.3, 0.4) is 0 Å². The Balaban J connectivity index is 1.89. The maximum absolute atomic E-state index is 12.4. The molecule has 2 heterocycles. The lowest BCUT2D eigenvalue weighted by Crippen LogP contribution is -2.23. The van der Waals surface area contributed by atoms with Gasteiger partial charge >= 0.3 is 0 Å². The van der Waals surface area contributed by atoms with E-state index in [0.717, 1.165) is 16.0 Å². The number of para-hydroxylation sites is 1. The zero-order valence-electron chi connectivity index (χ0n) is 11.3. The molecule has 0 radical (unpaired) electrons. The molecule has 0 unspecified atom stereocenters. The molecule has 4 nitrogen and oxygen atoms in total. The Morgan fingerprint density at radius 3 is 2.95 bits per heavy atom. The van der Waals surface area contributed by atoms with Crippen LogP contribution in [0.4, 0.5) is 0 Å². The summed E-state index contributed by atoms with van der Waals surface area (Å²) in [5.74, 6) is -0.164. The Labute approximate surface area is 130 Å². The van der Waals surface area contributed by atoms with Crippen molar-refractivity contribution in [2.24, 2.45) is 0 Å². The lowest BCUT2D eigenvalue weighted by atomic mass is 10.1. The minimum absolute atomic E-state index is 0.164. The van der Waals surface area contributed by atoms with Crippen LogP contribution in [0.25, 0.3) is 10.9 Å². The summed E-state index contributed by atoms with van der Waals surface area (Å²) in [7, 11) is 0. The second-order valence-corrected chi connectivity index (χ2v) is 5.88. The first-order chi connectivity index (χ1) is 10.1. The zero-order chi connectivity index (χ0) is 14.8. The molecule has 21 heavy (non-hydrogen) atoms. The van der Waals surface area contributed by atoms with Gasteiger partial charge in [0.1, 0.15) is 5.15 Å². The average molecular weight is 318 g/mol. The standard InChI is InChI=1S/C15H12ClN3OS/c1-9-13(21-8-18-9)7-17-15(20)11-6-14(16)19-12-5-3-2-4-10(11)12/h2-6,8H,7H2,1H3,(H,17,20). The molecule has 0 saturated heterocycles. The predicted molar refractivity (Wildman–Crippen MR) is 84.8 cm³/mol. The van der Waals surface area contributed by atoms with Crippen LogP contribution in [0.15, 0.2) is 35.8 Å². The summed E-state index contributed by atoms with van der Waals surface area (Å²) in [4.78, 5) is 21.8. The minimum Gasteiger partial charge on any atom is -0.347 e. The molecule has 1 amide bonds. The number of fused-ring (bicyclic) bond motifs is 1. The van der Waals surface area contributed by atoms with Crippen molar-refractivity contribution in [1.29, 1.82) is 0 Å². The van der Waals surface area contributed by atoms with Crippen molar-refractivity contribution in [2.45, 2.75) is 13.5 Å². The quantitative estimate of drug-likeness (QED) is 0.751. The van der Waals surface area contributed by atoms with Gasteiger partial charge in [0.25, 0.3) is 5.91 Å². The predicted octanol–water partition coefficient (Wildman–Crippen LogP) is 3.58. The van der Waals surface area contributed by atoms with Gasteiger partial charge < -0.3 is 5.32 Å². The number of amides is 1. The highest BCUT2D eigenvalue weighted by molar-refractivity contribution is 7.09. The largest absolute Gasteiger partial charge is 0.347 e. The number of nitrogens with zero attached hydrogens (tertiary/aromatic N) is 2. The fourth-order valence-corrected chi connectivity index (χ4v) is 3.00. The first-order valence-corrected chi connectivity index (χ1v) is 7.63. The third-order valence-electron chi connectivity index (χ3n) is 3.18. The fourth-order valence-electron chi connectivity index (χ4n) is 2.08. The number of aromatic nitrogens is 2. The number of pyridine rings is 1. The van der Waals surface area contributed by atoms with Crippen LogP contribution in [0.2, 0.25) is 5.15 Å². The molecule has 0 aliphatic rings. The molecule has 0 atom stereocenters. The third-order valence-corrected chi connectivity index (χ3v) is 4.31. The summed E-state index contributed by atoms with van der Waals surface area (Å²) in [6.07, 6.45) is 0. The maximum Gasteiger partial charge on any atom is 0.252 e. The van der Waals surface area contributed by atoms with Gasteiger partial charge in [-0.15, -0.1) is 11.3 Å². The number of carbonyl (C=O) groups excluding carboxylic acids is 1. The highest BCUT2D eigenvalue weighted by atomic mass is 35.5. The lowest BCUT2D eigenvalue weighted by molar-refractivity contribution is 0.0953. The number of benzene rings is 1. The molecule has 1 aromatic carbocycles. The van der Waals surface area contributed by atoms with Gasteiger partial charge in [-0.25, -0.2) is 9.97 Å². The Morgan fingerprint density at radius 1 is 1.38 bits per heavy atom. The van der Waals surface area contributed by atoms with Crippen LogP contribution >= 0.6 is 22.9 Å². The van der Waals surface area contributed by atoms with Crippen LogP contribution in [-0.2, 0) is 6.54 Å². The Bertz CT molecular complexity index is 816. The first kappa shape index (κ1) is 14.0. The molecule has 0 fully saturated rings. The Kier molecular flexibility index (Phi) is 3.86. The molecular formula is C15H12ClN3OS. The Morgan fingerprint density at radius 2 is 2.19 bits per heavy atom. The second-order valence-electron chi connectivity index (χ2n) is 4.55. The van der Waals surface area contributed by atoms with Crippen LogP contribution in [0.1, 0.15) is 20.9 Å². The van der Waals surface area contributed by atoms with E-state index < -0.39 is 0 Å². The number of hydrogen-bond acceptors (Lipinski definition) is 4. The van der Waals surface area contributed by atoms with E-state index in [1.165, 1.54) is 11.3 Å². The van der Waals surface area contributed by atoms with Crippen molar-refractivity contribution in [1.82, 2.24) is 15.3 Å². The number of halogens is 1. The summed E-state index contributed by atoms with van der Waals surface area (Å²) >= 11 is 7.52. The molecule has 0 aliphatic carbocycles. The molecule has 6 heteroatoms. The van der Waals surface area contributed by atoms with Crippen LogP contribution in [-0.4, -0.2) is 15.9 Å². The second kappa shape index (κ2) is 5.79. The zero-order valence-corrected chi connectivity index (χ0v) is 12.8. The van der Waals surface area contributed by atoms with Gasteiger partial charge in [0, 0.05) is 10.3 Å². The molecule has 0 aliphatic heterocycles. The summed E-state index contributed by atoms with van der Waals surface area (Å²) < 4.78 is 0. The minimum atomic E-state index is -0.164. The van der Waals surface area contributed by atoms with E-state index in [4.69, 9.17) is 11.6 Å². The molecule has 106 valence electrons. The normalized spacial score (nSPS) is 10.8. The monoisotopic (exact) mass is 317 g/mol. The van der Waals surface area contributed by atoms with E-state index in [2.05, 4.69) is 15.3 Å². The van der Waals surface area contributed by atoms with Crippen LogP contribution in [0, 0.1) is 6.92 Å². The number of rotatable bonds is 3. The van der Waals surface area contributed by atoms with E-state index >= 15 is 0 Å². The van der Waals surface area contributed by atoms with Crippen molar-refractivity contribution >= 4 is 39.7 Å². The molecule has 3 aromatic rings. The SMILES string of the molecule is Cc1ncsc1CNC(=O)c1cc(Cl)nc2ccccc12. The molecule has 0 saturated carbocycles. The van der Waals surface area contributed by atoms with E-state index in [0.29, 0.717) is 22.8 Å². The number of aryl methyl sites for hydroxylation is 1. The molecular weight excluding hydrogens is 306 g/mol. The van der Waals surface area contributed by atoms with E-state index in [9.17, 15) is 4.79 Å². The van der Waals surface area contributed by atoms with Gasteiger partial charge in [-0.3, -0.25) is 4.79 Å².